The van der Waals surface area contributed by atoms with Gasteiger partial charge in [0, 0.05) is 6.32 Å². The molecule has 1 atom stereocenters. The van der Waals surface area contributed by atoms with Crippen LogP contribution in [-0.4, -0.2) is 18.2 Å². The van der Waals surface area contributed by atoms with Crippen LogP contribution < -0.4 is 0 Å². The molecule has 0 aromatic rings. The van der Waals surface area contributed by atoms with Crippen LogP contribution in [0.3, 0.4) is 0 Å². The Labute approximate surface area is 74.8 Å². The van der Waals surface area contributed by atoms with E-state index in [0.717, 1.165) is 6.42 Å². The maximum absolute atomic E-state index is 9.23. The normalized spacial score (nSPS) is 24.1. The third-order valence-electron chi connectivity index (χ3n) is 2.29. The van der Waals surface area contributed by atoms with Gasteiger partial charge in [0.05, 0.1) is 6.10 Å². The highest BCUT2D eigenvalue weighted by Crippen LogP contribution is 2.20. The number of hydrogen-bond acceptors (Lipinski definition) is 2. The van der Waals surface area contributed by atoms with E-state index < -0.39 is 7.12 Å². The maximum atomic E-state index is 9.23. The predicted molar refractivity (Wildman–Crippen MR) is 50.9 cm³/mol. The minimum atomic E-state index is -0.574. The quantitative estimate of drug-likeness (QED) is 0.515. The van der Waals surface area contributed by atoms with E-state index in [2.05, 4.69) is 19.9 Å². The van der Waals surface area contributed by atoms with Crippen LogP contribution in [0.25, 0.3) is 0 Å². The number of unbranched alkanes of at least 4 members (excludes halogenated alkanes) is 1. The first-order valence-corrected chi connectivity index (χ1v) is 4.74. The first kappa shape index (κ1) is 9.81. The second kappa shape index (κ2) is 4.68. The molecule has 0 saturated heterocycles. The lowest BCUT2D eigenvalue weighted by atomic mass is 9.80. The lowest BCUT2D eigenvalue weighted by Crippen LogP contribution is -2.30. The van der Waals surface area contributed by atoms with Crippen LogP contribution in [0.2, 0.25) is 6.32 Å². The Balaban J connectivity index is 2.40. The molecule has 0 amide bonds. The fraction of sp³-hybridized carbons (Fsp3) is 0.778. The van der Waals surface area contributed by atoms with Gasteiger partial charge in [-0.3, -0.25) is 0 Å². The Morgan fingerprint density at radius 2 is 2.50 bits per heavy atom. The van der Waals surface area contributed by atoms with Gasteiger partial charge in [-0.15, -0.1) is 0 Å². The fourth-order valence-electron chi connectivity index (χ4n) is 1.46. The summed E-state index contributed by atoms with van der Waals surface area (Å²) in [5.74, 6) is 0. The maximum Gasteiger partial charge on any atom is 0.458 e. The summed E-state index contributed by atoms with van der Waals surface area (Å²) >= 11 is 0. The molecule has 0 aromatic carbocycles. The van der Waals surface area contributed by atoms with E-state index in [0.29, 0.717) is 6.32 Å². The Bertz CT molecular complexity index is 168. The first-order chi connectivity index (χ1) is 5.74. The molecule has 0 fully saturated rings. The van der Waals surface area contributed by atoms with Gasteiger partial charge >= 0.3 is 7.12 Å². The second-order valence-electron chi connectivity index (χ2n) is 3.41. The summed E-state index contributed by atoms with van der Waals surface area (Å²) in [6.07, 6.45) is 6.28. The van der Waals surface area contributed by atoms with E-state index in [1.165, 1.54) is 18.4 Å². The van der Waals surface area contributed by atoms with Gasteiger partial charge in [0.25, 0.3) is 0 Å². The van der Waals surface area contributed by atoms with Crippen molar-refractivity contribution >= 4 is 7.12 Å². The van der Waals surface area contributed by atoms with Crippen LogP contribution in [0.1, 0.15) is 33.1 Å². The number of allylic oxidation sites excluding steroid dienone is 1. The highest BCUT2D eigenvalue weighted by atomic mass is 16.5. The zero-order valence-corrected chi connectivity index (χ0v) is 7.92. The second-order valence-corrected chi connectivity index (χ2v) is 3.41. The number of hydrogen-bond donors (Lipinski definition) is 1. The summed E-state index contributed by atoms with van der Waals surface area (Å²) in [5, 5.41) is 9.23. The van der Waals surface area contributed by atoms with Crippen LogP contribution in [-0.2, 0) is 4.65 Å². The zero-order valence-electron chi connectivity index (χ0n) is 7.92. The van der Waals surface area contributed by atoms with Crippen molar-refractivity contribution in [2.45, 2.75) is 45.5 Å². The molecule has 0 aromatic heterocycles. The molecule has 3 heteroatoms. The predicted octanol–water partition coefficient (Wildman–Crippen LogP) is 2.00. The first-order valence-electron chi connectivity index (χ1n) is 4.74. The summed E-state index contributed by atoms with van der Waals surface area (Å²) in [6, 6.07) is 0. The summed E-state index contributed by atoms with van der Waals surface area (Å²) in [4.78, 5) is 0. The Morgan fingerprint density at radius 3 is 3.17 bits per heavy atom. The van der Waals surface area contributed by atoms with Crippen molar-refractivity contribution in [2.75, 3.05) is 0 Å². The van der Waals surface area contributed by atoms with Gasteiger partial charge in [-0.2, -0.15) is 0 Å². The molecule has 1 aliphatic heterocycles. The molecule has 68 valence electrons. The van der Waals surface area contributed by atoms with Crippen LogP contribution in [0.4, 0.5) is 0 Å². The minimum absolute atomic E-state index is 0.161. The van der Waals surface area contributed by atoms with Crippen molar-refractivity contribution < 1.29 is 9.68 Å². The SMILES string of the molecule is CCCCC1OB(O)CC=C1C. The molecule has 1 heterocycles. The topological polar surface area (TPSA) is 29.5 Å². The summed E-state index contributed by atoms with van der Waals surface area (Å²) in [7, 11) is -0.574. The van der Waals surface area contributed by atoms with E-state index in [1.807, 2.05) is 0 Å². The third-order valence-corrected chi connectivity index (χ3v) is 2.29. The van der Waals surface area contributed by atoms with E-state index in [9.17, 15) is 5.02 Å². The van der Waals surface area contributed by atoms with E-state index in [1.54, 1.807) is 0 Å². The molecule has 0 bridgehead atoms. The third kappa shape index (κ3) is 2.65. The van der Waals surface area contributed by atoms with Gasteiger partial charge in [0.2, 0.25) is 0 Å². The zero-order chi connectivity index (χ0) is 8.97. The molecule has 12 heavy (non-hydrogen) atoms. The van der Waals surface area contributed by atoms with Crippen molar-refractivity contribution in [3.63, 3.8) is 0 Å². The Hall–Kier alpha value is -0.275. The van der Waals surface area contributed by atoms with Crippen LogP contribution >= 0.6 is 0 Å². The van der Waals surface area contributed by atoms with Crippen molar-refractivity contribution in [1.82, 2.24) is 0 Å². The monoisotopic (exact) mass is 168 g/mol. The van der Waals surface area contributed by atoms with Gasteiger partial charge in [-0.25, -0.2) is 0 Å². The molecule has 1 unspecified atom stereocenters. The highest BCUT2D eigenvalue weighted by molar-refractivity contribution is 6.43. The lowest BCUT2D eigenvalue weighted by Gasteiger charge is -2.24. The molecular weight excluding hydrogens is 151 g/mol. The Morgan fingerprint density at radius 1 is 1.75 bits per heavy atom. The molecule has 2 nitrogen and oxygen atoms in total. The van der Waals surface area contributed by atoms with Gasteiger partial charge < -0.3 is 9.68 Å². The molecular formula is C9H17BO2. The summed E-state index contributed by atoms with van der Waals surface area (Å²) in [5.41, 5.74) is 1.27. The van der Waals surface area contributed by atoms with Gasteiger partial charge in [0.15, 0.2) is 0 Å². The standard InChI is InChI=1S/C9H17BO2/c1-3-4-5-9-8(2)6-7-10(11)12-9/h6,9,11H,3-5,7H2,1-2H3. The smallest absolute Gasteiger partial charge is 0.427 e. The van der Waals surface area contributed by atoms with Crippen LogP contribution in [0.15, 0.2) is 11.6 Å². The average molecular weight is 168 g/mol. The Kier molecular flexibility index (Phi) is 3.82. The minimum Gasteiger partial charge on any atom is -0.427 e. The lowest BCUT2D eigenvalue weighted by molar-refractivity contribution is 0.178. The average Bonchev–Trinajstić information content (AvgIpc) is 2.07. The molecule has 1 rings (SSSR count). The van der Waals surface area contributed by atoms with Gasteiger partial charge in [-0.05, 0) is 13.3 Å². The molecule has 1 aliphatic rings. The molecule has 0 aliphatic carbocycles. The van der Waals surface area contributed by atoms with Crippen LogP contribution in [0.5, 0.6) is 0 Å². The van der Waals surface area contributed by atoms with E-state index >= 15 is 0 Å². The van der Waals surface area contributed by atoms with Crippen LogP contribution in [0, 0.1) is 0 Å². The van der Waals surface area contributed by atoms with Crippen molar-refractivity contribution in [3.05, 3.63) is 11.6 Å². The summed E-state index contributed by atoms with van der Waals surface area (Å²) in [6.45, 7) is 4.24. The van der Waals surface area contributed by atoms with Gasteiger partial charge in [-0.1, -0.05) is 31.4 Å². The van der Waals surface area contributed by atoms with E-state index in [4.69, 9.17) is 4.65 Å². The van der Waals surface area contributed by atoms with Crippen molar-refractivity contribution in [2.24, 2.45) is 0 Å². The largest absolute Gasteiger partial charge is 0.458 e. The van der Waals surface area contributed by atoms with Gasteiger partial charge in [0.1, 0.15) is 0 Å². The van der Waals surface area contributed by atoms with E-state index in [-0.39, 0.29) is 6.10 Å². The summed E-state index contributed by atoms with van der Waals surface area (Å²) < 4.78 is 5.39. The van der Waals surface area contributed by atoms with Crippen molar-refractivity contribution in [1.29, 1.82) is 0 Å². The number of rotatable bonds is 3. The highest BCUT2D eigenvalue weighted by Gasteiger charge is 2.23. The molecule has 0 spiro atoms. The fourth-order valence-corrected chi connectivity index (χ4v) is 1.46. The molecule has 0 radical (unpaired) electrons. The molecule has 0 saturated carbocycles. The molecule has 1 N–H and O–H groups in total. The van der Waals surface area contributed by atoms with Crippen molar-refractivity contribution in [3.8, 4) is 0 Å².